The first kappa shape index (κ1) is 34.4. The van der Waals surface area contributed by atoms with Crippen molar-refractivity contribution in [2.75, 3.05) is 21.7 Å². The number of nitrogens with zero attached hydrogens (tertiary/aromatic N) is 3. The molecule has 0 N–H and O–H groups in total. The molecule has 2 atom stereocenters. The number of rotatable bonds is 6. The van der Waals surface area contributed by atoms with Gasteiger partial charge < -0.3 is 14.7 Å². The highest BCUT2D eigenvalue weighted by molar-refractivity contribution is 6.03. The number of para-hydroxylation sites is 2. The summed E-state index contributed by atoms with van der Waals surface area (Å²) in [6, 6.07) is 82.7. The maximum atomic E-state index is 2.60. The summed E-state index contributed by atoms with van der Waals surface area (Å²) in [6.45, 7) is 0. The van der Waals surface area contributed by atoms with E-state index in [0.717, 1.165) is 17.1 Å². The number of fused-ring (bicyclic) bond motifs is 9. The minimum absolute atomic E-state index is 0.0245. The molecule has 9 aromatic rings. The first-order valence-corrected chi connectivity index (χ1v) is 20.9. The maximum Gasteiger partial charge on any atom is 0.132 e. The summed E-state index contributed by atoms with van der Waals surface area (Å²) in [5.74, 6) is 0. The zero-order valence-electron chi connectivity index (χ0n) is 33.3. The fourth-order valence-corrected chi connectivity index (χ4v) is 10.6. The molecular formula is C57H41N3. The summed E-state index contributed by atoms with van der Waals surface area (Å²) in [4.78, 5) is 7.52. The smallest absolute Gasteiger partial charge is 0.132 e. The van der Waals surface area contributed by atoms with Crippen LogP contribution in [0.5, 0.6) is 0 Å². The lowest BCUT2D eigenvalue weighted by atomic mass is 9.64. The van der Waals surface area contributed by atoms with E-state index in [1.807, 2.05) is 0 Å². The Balaban J connectivity index is 1.11. The molecule has 60 heavy (non-hydrogen) atoms. The van der Waals surface area contributed by atoms with Gasteiger partial charge in [0.1, 0.15) is 6.17 Å². The average Bonchev–Trinajstić information content (AvgIpc) is 3.80. The van der Waals surface area contributed by atoms with E-state index in [0.29, 0.717) is 0 Å². The van der Waals surface area contributed by atoms with E-state index in [1.54, 1.807) is 0 Å². The summed E-state index contributed by atoms with van der Waals surface area (Å²) in [6.07, 6.45) is 0.0245. The molecule has 3 aliphatic rings. The van der Waals surface area contributed by atoms with Gasteiger partial charge in [0.25, 0.3) is 0 Å². The van der Waals surface area contributed by atoms with E-state index >= 15 is 0 Å². The van der Waals surface area contributed by atoms with Crippen molar-refractivity contribution in [2.45, 2.75) is 11.6 Å². The van der Waals surface area contributed by atoms with Gasteiger partial charge in [-0.05, 0) is 98.1 Å². The molecule has 0 saturated heterocycles. The van der Waals surface area contributed by atoms with Crippen LogP contribution in [0, 0.1) is 0 Å². The lowest BCUT2D eigenvalue weighted by Gasteiger charge is -2.45. The minimum Gasteiger partial charge on any atom is -0.348 e. The molecule has 3 heteroatoms. The highest BCUT2D eigenvalue weighted by Crippen LogP contribution is 2.68. The van der Waals surface area contributed by atoms with Gasteiger partial charge in [0.15, 0.2) is 0 Å². The van der Waals surface area contributed by atoms with Crippen LogP contribution in [-0.4, -0.2) is 7.05 Å². The van der Waals surface area contributed by atoms with Gasteiger partial charge in [-0.1, -0.05) is 182 Å². The number of anilines is 6. The van der Waals surface area contributed by atoms with Crippen molar-refractivity contribution < 1.29 is 0 Å². The second-order valence-corrected chi connectivity index (χ2v) is 16.1. The van der Waals surface area contributed by atoms with Crippen LogP contribution in [0.25, 0.3) is 33.4 Å². The molecule has 9 aromatic carbocycles. The molecule has 0 aromatic heterocycles. The van der Waals surface area contributed by atoms with Gasteiger partial charge >= 0.3 is 0 Å². The Kier molecular flexibility index (Phi) is 7.73. The summed E-state index contributed by atoms with van der Waals surface area (Å²) in [7, 11) is 2.25. The molecule has 1 spiro atoms. The van der Waals surface area contributed by atoms with E-state index in [4.69, 9.17) is 0 Å². The van der Waals surface area contributed by atoms with Crippen LogP contribution in [-0.2, 0) is 5.41 Å². The summed E-state index contributed by atoms with van der Waals surface area (Å²) >= 11 is 0. The van der Waals surface area contributed by atoms with Gasteiger partial charge in [-0.25, -0.2) is 0 Å². The molecule has 1 aliphatic carbocycles. The Labute approximate surface area is 351 Å². The monoisotopic (exact) mass is 767 g/mol. The first-order chi connectivity index (χ1) is 29.7. The summed E-state index contributed by atoms with van der Waals surface area (Å²) < 4.78 is 0. The SMILES string of the molecule is CN1c2cccc3c2N(c2ccccc2C32c3ccccc3-c3c(N(c4ccc(-c5ccccc5)cc4)c4ccc(-c5ccccc5)cc4)cccc32)C1c1ccccc1. The molecular weight excluding hydrogens is 727 g/mol. The van der Waals surface area contributed by atoms with Crippen LogP contribution in [0.2, 0.25) is 0 Å². The second-order valence-electron chi connectivity index (χ2n) is 16.1. The van der Waals surface area contributed by atoms with Gasteiger partial charge in [0, 0.05) is 29.7 Å². The molecule has 0 bridgehead atoms. The molecule has 284 valence electrons. The zero-order chi connectivity index (χ0) is 39.8. The lowest BCUT2D eigenvalue weighted by Crippen LogP contribution is -2.38. The maximum absolute atomic E-state index is 2.60. The van der Waals surface area contributed by atoms with Crippen molar-refractivity contribution in [1.82, 2.24) is 0 Å². The standard InChI is InChI=1S/C57H41N3/c1-58-53-30-16-27-50-55(53)60(56(58)43-21-9-4-10-22-43)51-28-14-13-25-48(51)57(50)47-24-12-11-23-46(47)54-49(57)26-15-29-52(54)59(44-35-31-41(32-36-44)39-17-5-2-6-18-39)45-37-33-42(34-38-45)40-19-7-3-8-20-40/h2-38,56H,1H3. The Hall–Kier alpha value is -7.62. The van der Waals surface area contributed by atoms with E-state index in [9.17, 15) is 0 Å². The van der Waals surface area contributed by atoms with Crippen LogP contribution in [0.4, 0.5) is 34.1 Å². The van der Waals surface area contributed by atoms with E-state index in [2.05, 4.69) is 246 Å². The Bertz CT molecular complexity index is 2970. The van der Waals surface area contributed by atoms with Crippen LogP contribution >= 0.6 is 0 Å². The molecule has 0 saturated carbocycles. The predicted octanol–water partition coefficient (Wildman–Crippen LogP) is 14.5. The van der Waals surface area contributed by atoms with Gasteiger partial charge in [-0.15, -0.1) is 0 Å². The molecule has 0 fully saturated rings. The summed E-state index contributed by atoms with van der Waals surface area (Å²) in [5.41, 5.74) is 20.5. The van der Waals surface area contributed by atoms with Crippen molar-refractivity contribution in [1.29, 1.82) is 0 Å². The predicted molar refractivity (Wildman–Crippen MR) is 249 cm³/mol. The van der Waals surface area contributed by atoms with Crippen molar-refractivity contribution in [3.8, 4) is 33.4 Å². The van der Waals surface area contributed by atoms with E-state index in [1.165, 1.54) is 78.3 Å². The topological polar surface area (TPSA) is 9.72 Å². The molecule has 2 aliphatic heterocycles. The van der Waals surface area contributed by atoms with Gasteiger partial charge in [-0.2, -0.15) is 0 Å². The van der Waals surface area contributed by atoms with Crippen molar-refractivity contribution in [2.24, 2.45) is 0 Å². The number of hydrogen-bond acceptors (Lipinski definition) is 3. The van der Waals surface area contributed by atoms with Gasteiger partial charge in [0.2, 0.25) is 0 Å². The normalized spacial score (nSPS) is 16.6. The molecule has 12 rings (SSSR count). The third-order valence-electron chi connectivity index (χ3n) is 13.1. The zero-order valence-corrected chi connectivity index (χ0v) is 33.3. The Morgan fingerprint density at radius 1 is 0.400 bits per heavy atom. The highest BCUT2D eigenvalue weighted by Gasteiger charge is 2.55. The van der Waals surface area contributed by atoms with Crippen LogP contribution < -0.4 is 14.7 Å². The van der Waals surface area contributed by atoms with Crippen molar-refractivity contribution in [3.63, 3.8) is 0 Å². The second kappa shape index (κ2) is 13.5. The molecule has 2 unspecified atom stereocenters. The van der Waals surface area contributed by atoms with Crippen LogP contribution in [0.1, 0.15) is 34.0 Å². The quantitative estimate of drug-likeness (QED) is 0.167. The largest absolute Gasteiger partial charge is 0.348 e. The average molecular weight is 768 g/mol. The number of hydrogen-bond donors (Lipinski definition) is 0. The fraction of sp³-hybridized carbons (Fsp3) is 0.0526. The van der Waals surface area contributed by atoms with Crippen molar-refractivity contribution in [3.05, 3.63) is 252 Å². The Morgan fingerprint density at radius 3 is 1.53 bits per heavy atom. The van der Waals surface area contributed by atoms with E-state index < -0.39 is 5.41 Å². The Morgan fingerprint density at radius 2 is 0.883 bits per heavy atom. The first-order valence-electron chi connectivity index (χ1n) is 20.9. The highest BCUT2D eigenvalue weighted by atomic mass is 15.4. The van der Waals surface area contributed by atoms with E-state index in [-0.39, 0.29) is 6.17 Å². The van der Waals surface area contributed by atoms with Crippen LogP contribution in [0.15, 0.2) is 224 Å². The third-order valence-corrected chi connectivity index (χ3v) is 13.1. The molecule has 0 amide bonds. The molecule has 0 radical (unpaired) electrons. The van der Waals surface area contributed by atoms with Crippen molar-refractivity contribution >= 4 is 34.1 Å². The third kappa shape index (κ3) is 4.90. The van der Waals surface area contributed by atoms with Crippen LogP contribution in [0.3, 0.4) is 0 Å². The minimum atomic E-state index is -0.549. The lowest BCUT2D eigenvalue weighted by molar-refractivity contribution is 0.682. The molecule has 3 nitrogen and oxygen atoms in total. The number of benzene rings is 9. The molecule has 2 heterocycles. The van der Waals surface area contributed by atoms with Gasteiger partial charge in [-0.3, -0.25) is 0 Å². The fourth-order valence-electron chi connectivity index (χ4n) is 10.6. The summed E-state index contributed by atoms with van der Waals surface area (Å²) in [5, 5.41) is 0. The van der Waals surface area contributed by atoms with Gasteiger partial charge in [0.05, 0.1) is 22.5 Å².